The molecule has 1 aliphatic rings. The molecular weight excluding hydrogens is 442 g/mol. The quantitative estimate of drug-likeness (QED) is 0.572. The molecule has 3 heterocycles. The van der Waals surface area contributed by atoms with Crippen molar-refractivity contribution in [3.63, 3.8) is 0 Å². The molecule has 2 aromatic heterocycles. The van der Waals surface area contributed by atoms with Gasteiger partial charge in [-0.05, 0) is 57.6 Å². The lowest BCUT2D eigenvalue weighted by molar-refractivity contribution is -0.115. The first-order valence-electron chi connectivity index (χ1n) is 10.8. The van der Waals surface area contributed by atoms with E-state index >= 15 is 0 Å². The van der Waals surface area contributed by atoms with E-state index in [0.717, 1.165) is 47.1 Å². The molecule has 0 radical (unpaired) electrons. The summed E-state index contributed by atoms with van der Waals surface area (Å²) in [6.45, 7) is 9.97. The number of rotatable bonds is 6. The topological polar surface area (TPSA) is 81.3 Å². The molecule has 1 aromatic carbocycles. The van der Waals surface area contributed by atoms with Gasteiger partial charge in [-0.1, -0.05) is 0 Å². The number of fused-ring (bicyclic) bond motifs is 1. The van der Waals surface area contributed by atoms with E-state index in [1.54, 1.807) is 0 Å². The predicted octanol–water partition coefficient (Wildman–Crippen LogP) is 3.61. The van der Waals surface area contributed by atoms with Crippen molar-refractivity contribution in [3.05, 3.63) is 50.9 Å². The van der Waals surface area contributed by atoms with Crippen molar-refractivity contribution in [2.75, 3.05) is 43.4 Å². The lowest BCUT2D eigenvalue weighted by Gasteiger charge is -2.34. The van der Waals surface area contributed by atoms with Crippen LogP contribution in [-0.4, -0.2) is 59.3 Å². The van der Waals surface area contributed by atoms with Gasteiger partial charge >= 0.3 is 0 Å². The molecule has 1 aliphatic heterocycles. The van der Waals surface area contributed by atoms with Crippen LogP contribution in [0.5, 0.6) is 0 Å². The van der Waals surface area contributed by atoms with E-state index in [1.807, 2.05) is 32.9 Å². The van der Waals surface area contributed by atoms with Gasteiger partial charge in [0.15, 0.2) is 0 Å². The summed E-state index contributed by atoms with van der Waals surface area (Å²) in [5.74, 6) is 1.01. The number of likely N-dealkylation sites (N-methyl/N-ethyl adjacent to an activating group) is 1. The summed E-state index contributed by atoms with van der Waals surface area (Å²) < 4.78 is 0. The van der Waals surface area contributed by atoms with Crippen LogP contribution >= 0.6 is 23.1 Å². The summed E-state index contributed by atoms with van der Waals surface area (Å²) >= 11 is 2.99. The van der Waals surface area contributed by atoms with Crippen LogP contribution in [0.4, 0.5) is 11.4 Å². The zero-order valence-electron chi connectivity index (χ0n) is 18.9. The van der Waals surface area contributed by atoms with Gasteiger partial charge in [0.2, 0.25) is 5.91 Å². The first kappa shape index (κ1) is 22.8. The third-order valence-electron chi connectivity index (χ3n) is 5.93. The molecule has 1 unspecified atom stereocenters. The molecule has 1 atom stereocenters. The van der Waals surface area contributed by atoms with E-state index in [4.69, 9.17) is 0 Å². The number of carbonyl (C=O) groups excluding carboxylic acids is 1. The maximum absolute atomic E-state index is 12.6. The van der Waals surface area contributed by atoms with Gasteiger partial charge in [0.1, 0.15) is 10.7 Å². The van der Waals surface area contributed by atoms with Crippen LogP contribution in [0.1, 0.15) is 23.2 Å². The predicted molar refractivity (Wildman–Crippen MR) is 135 cm³/mol. The van der Waals surface area contributed by atoms with Crippen LogP contribution < -0.4 is 15.8 Å². The lowest BCUT2D eigenvalue weighted by Crippen LogP contribution is -2.44. The second-order valence-corrected chi connectivity index (χ2v) is 10.8. The number of H-pyrrole nitrogens is 1. The van der Waals surface area contributed by atoms with Crippen LogP contribution in [0.2, 0.25) is 0 Å². The summed E-state index contributed by atoms with van der Waals surface area (Å²) in [4.78, 5) is 39.1. The SMILES string of the molecule is Cc1sc2nc(CSC(C)C(=O)Nc3ccc(N4CCN(C)CC4)cc3)[nH]c(=O)c2c1C. The van der Waals surface area contributed by atoms with Gasteiger partial charge in [0.25, 0.3) is 5.56 Å². The second kappa shape index (κ2) is 9.64. The highest BCUT2D eigenvalue weighted by atomic mass is 32.2. The fourth-order valence-electron chi connectivity index (χ4n) is 3.71. The maximum atomic E-state index is 12.6. The molecule has 1 saturated heterocycles. The number of nitrogens with zero attached hydrogens (tertiary/aromatic N) is 3. The van der Waals surface area contributed by atoms with E-state index in [9.17, 15) is 9.59 Å². The third-order valence-corrected chi connectivity index (χ3v) is 8.19. The van der Waals surface area contributed by atoms with Crippen LogP contribution in [0.15, 0.2) is 29.1 Å². The van der Waals surface area contributed by atoms with Crippen LogP contribution in [0.25, 0.3) is 10.2 Å². The van der Waals surface area contributed by atoms with Gasteiger partial charge in [-0.15, -0.1) is 23.1 Å². The molecule has 32 heavy (non-hydrogen) atoms. The zero-order valence-corrected chi connectivity index (χ0v) is 20.5. The number of benzene rings is 1. The Kier molecular flexibility index (Phi) is 6.88. The third kappa shape index (κ3) is 5.00. The van der Waals surface area contributed by atoms with Crippen molar-refractivity contribution < 1.29 is 4.79 Å². The van der Waals surface area contributed by atoms with Crippen molar-refractivity contribution in [1.29, 1.82) is 0 Å². The van der Waals surface area contributed by atoms with E-state index < -0.39 is 0 Å². The first-order valence-corrected chi connectivity index (χ1v) is 12.6. The highest BCUT2D eigenvalue weighted by Gasteiger charge is 2.17. The van der Waals surface area contributed by atoms with Crippen molar-refractivity contribution in [2.24, 2.45) is 0 Å². The van der Waals surface area contributed by atoms with Crippen LogP contribution in [0.3, 0.4) is 0 Å². The number of piperazine rings is 1. The Hall–Kier alpha value is -2.36. The molecule has 1 amide bonds. The number of thioether (sulfide) groups is 1. The molecule has 4 rings (SSSR count). The molecule has 9 heteroatoms. The number of anilines is 2. The summed E-state index contributed by atoms with van der Waals surface area (Å²) in [7, 11) is 2.14. The van der Waals surface area contributed by atoms with Gasteiger partial charge < -0.3 is 20.1 Å². The molecule has 0 saturated carbocycles. The molecule has 0 spiro atoms. The summed E-state index contributed by atoms with van der Waals surface area (Å²) in [6, 6.07) is 8.04. The number of aromatic amines is 1. The molecule has 0 bridgehead atoms. The number of thiophene rings is 1. The fourth-order valence-corrected chi connectivity index (χ4v) is 5.52. The number of aromatic nitrogens is 2. The normalized spacial score (nSPS) is 15.8. The summed E-state index contributed by atoms with van der Waals surface area (Å²) in [5, 5.41) is 3.39. The van der Waals surface area contributed by atoms with Gasteiger partial charge in [-0.2, -0.15) is 0 Å². The molecule has 1 fully saturated rings. The average molecular weight is 472 g/mol. The molecule has 7 nitrogen and oxygen atoms in total. The van der Waals surface area contributed by atoms with Crippen molar-refractivity contribution in [2.45, 2.75) is 31.8 Å². The van der Waals surface area contributed by atoms with Crippen molar-refractivity contribution in [1.82, 2.24) is 14.9 Å². The Labute approximate surface area is 196 Å². The Balaban J connectivity index is 1.33. The van der Waals surface area contributed by atoms with Crippen LogP contribution in [-0.2, 0) is 10.5 Å². The Morgan fingerprint density at radius 2 is 1.91 bits per heavy atom. The van der Waals surface area contributed by atoms with E-state index in [0.29, 0.717) is 17.0 Å². The molecular formula is C23H29N5O2S2. The number of hydrogen-bond donors (Lipinski definition) is 2. The molecule has 170 valence electrons. The summed E-state index contributed by atoms with van der Waals surface area (Å²) in [5.41, 5.74) is 2.86. The summed E-state index contributed by atoms with van der Waals surface area (Å²) in [6.07, 6.45) is 0. The standard InChI is InChI=1S/C23H29N5O2S2/c1-14-15(2)32-23-20(14)22(30)25-19(26-23)13-31-16(3)21(29)24-17-5-7-18(8-6-17)28-11-9-27(4)10-12-28/h5-8,16H,9-13H2,1-4H3,(H,24,29)(H,25,26,30). The fraction of sp³-hybridized carbons (Fsp3) is 0.435. The Bertz CT molecular complexity index is 1160. The van der Waals surface area contributed by atoms with E-state index in [2.05, 4.69) is 44.3 Å². The number of carbonyl (C=O) groups is 1. The highest BCUT2D eigenvalue weighted by Crippen LogP contribution is 2.27. The minimum Gasteiger partial charge on any atom is -0.369 e. The number of nitrogens with one attached hydrogen (secondary N) is 2. The van der Waals surface area contributed by atoms with Crippen LogP contribution in [0, 0.1) is 13.8 Å². The smallest absolute Gasteiger partial charge is 0.259 e. The van der Waals surface area contributed by atoms with E-state index in [1.165, 1.54) is 28.8 Å². The van der Waals surface area contributed by atoms with Gasteiger partial charge in [-0.25, -0.2) is 4.98 Å². The minimum atomic E-state index is -0.278. The monoisotopic (exact) mass is 471 g/mol. The highest BCUT2D eigenvalue weighted by molar-refractivity contribution is 7.99. The number of aryl methyl sites for hydroxylation is 2. The number of amides is 1. The zero-order chi connectivity index (χ0) is 22.8. The van der Waals surface area contributed by atoms with Crippen molar-refractivity contribution in [3.8, 4) is 0 Å². The average Bonchev–Trinajstić information content (AvgIpc) is 3.07. The largest absolute Gasteiger partial charge is 0.369 e. The van der Waals surface area contributed by atoms with Crippen molar-refractivity contribution >= 4 is 50.6 Å². The minimum absolute atomic E-state index is 0.0615. The maximum Gasteiger partial charge on any atom is 0.259 e. The van der Waals surface area contributed by atoms with E-state index in [-0.39, 0.29) is 16.7 Å². The van der Waals surface area contributed by atoms with Gasteiger partial charge in [0, 0.05) is 42.4 Å². The first-order chi connectivity index (χ1) is 15.3. The molecule has 3 aromatic rings. The Morgan fingerprint density at radius 1 is 1.22 bits per heavy atom. The number of hydrogen-bond acceptors (Lipinski definition) is 7. The Morgan fingerprint density at radius 3 is 2.59 bits per heavy atom. The molecule has 0 aliphatic carbocycles. The second-order valence-electron chi connectivity index (χ2n) is 8.26. The molecule has 2 N–H and O–H groups in total. The van der Waals surface area contributed by atoms with Gasteiger partial charge in [-0.3, -0.25) is 9.59 Å². The van der Waals surface area contributed by atoms with Gasteiger partial charge in [0.05, 0.1) is 16.4 Å². The lowest BCUT2D eigenvalue weighted by atomic mass is 10.2.